The Hall–Kier alpha value is -3.43. The maximum atomic E-state index is 13.2. The van der Waals surface area contributed by atoms with Crippen molar-refractivity contribution < 1.29 is 22.7 Å². The molecule has 0 atom stereocenters. The van der Waals surface area contributed by atoms with Gasteiger partial charge in [-0.25, -0.2) is 8.42 Å². The Morgan fingerprint density at radius 1 is 0.971 bits per heavy atom. The summed E-state index contributed by atoms with van der Waals surface area (Å²) in [5, 5.41) is 2.83. The van der Waals surface area contributed by atoms with Crippen LogP contribution in [0.15, 0.2) is 71.9 Å². The van der Waals surface area contributed by atoms with E-state index < -0.39 is 15.9 Å². The van der Waals surface area contributed by atoms with Crippen molar-refractivity contribution in [2.45, 2.75) is 37.3 Å². The van der Waals surface area contributed by atoms with Gasteiger partial charge in [0.15, 0.2) is 11.5 Å². The fraction of sp³-hybridized carbons (Fsp3) is 0.308. The van der Waals surface area contributed by atoms with Crippen molar-refractivity contribution in [1.82, 2.24) is 14.6 Å². The fourth-order valence-electron chi connectivity index (χ4n) is 3.98. The SMILES string of the molecule is COc1cc(CNC(=O)c2ccccc2S(=O)(=O)N2CCCCC2)ccc1OCc1ccncc1. The molecule has 0 spiro atoms. The van der Waals surface area contributed by atoms with Gasteiger partial charge in [0.25, 0.3) is 5.91 Å². The molecule has 9 heteroatoms. The van der Waals surface area contributed by atoms with Gasteiger partial charge in [-0.3, -0.25) is 9.78 Å². The molecule has 35 heavy (non-hydrogen) atoms. The number of sulfonamides is 1. The molecule has 2 heterocycles. The summed E-state index contributed by atoms with van der Waals surface area (Å²) >= 11 is 0. The van der Waals surface area contributed by atoms with E-state index in [1.54, 1.807) is 49.8 Å². The van der Waals surface area contributed by atoms with Crippen LogP contribution in [-0.4, -0.2) is 43.8 Å². The van der Waals surface area contributed by atoms with Crippen molar-refractivity contribution in [3.8, 4) is 11.5 Å². The Labute approximate surface area is 206 Å². The van der Waals surface area contributed by atoms with E-state index in [9.17, 15) is 13.2 Å². The number of ether oxygens (including phenoxy) is 2. The highest BCUT2D eigenvalue weighted by atomic mass is 32.2. The summed E-state index contributed by atoms with van der Waals surface area (Å²) in [6.45, 7) is 1.54. The zero-order chi connectivity index (χ0) is 24.7. The molecule has 0 radical (unpaired) electrons. The van der Waals surface area contributed by atoms with Gasteiger partial charge in [-0.1, -0.05) is 24.6 Å². The van der Waals surface area contributed by atoms with E-state index in [1.807, 2.05) is 18.2 Å². The maximum absolute atomic E-state index is 13.2. The number of rotatable bonds is 9. The first-order valence-electron chi connectivity index (χ1n) is 11.5. The van der Waals surface area contributed by atoms with E-state index >= 15 is 0 Å². The molecule has 8 nitrogen and oxygen atoms in total. The van der Waals surface area contributed by atoms with Crippen LogP contribution in [0, 0.1) is 0 Å². The highest BCUT2D eigenvalue weighted by molar-refractivity contribution is 7.89. The number of piperidine rings is 1. The number of benzene rings is 2. The molecule has 1 amide bonds. The highest BCUT2D eigenvalue weighted by Crippen LogP contribution is 2.29. The van der Waals surface area contributed by atoms with E-state index in [0.717, 1.165) is 30.4 Å². The van der Waals surface area contributed by atoms with Crippen LogP contribution in [-0.2, 0) is 23.2 Å². The van der Waals surface area contributed by atoms with E-state index in [0.29, 0.717) is 31.2 Å². The molecule has 1 saturated heterocycles. The lowest BCUT2D eigenvalue weighted by molar-refractivity contribution is 0.0947. The van der Waals surface area contributed by atoms with Crippen LogP contribution in [0.1, 0.15) is 40.7 Å². The summed E-state index contributed by atoms with van der Waals surface area (Å²) in [4.78, 5) is 17.0. The zero-order valence-electron chi connectivity index (χ0n) is 19.6. The van der Waals surface area contributed by atoms with Gasteiger partial charge in [-0.15, -0.1) is 0 Å². The van der Waals surface area contributed by atoms with Gasteiger partial charge in [0.2, 0.25) is 10.0 Å². The lowest BCUT2D eigenvalue weighted by Crippen LogP contribution is -2.37. The summed E-state index contributed by atoms with van der Waals surface area (Å²) in [5.41, 5.74) is 1.92. The number of amides is 1. The molecule has 0 bridgehead atoms. The smallest absolute Gasteiger partial charge is 0.252 e. The average molecular weight is 496 g/mol. The van der Waals surface area contributed by atoms with E-state index in [2.05, 4.69) is 10.3 Å². The second-order valence-electron chi connectivity index (χ2n) is 8.27. The molecule has 184 valence electrons. The number of hydrogen-bond acceptors (Lipinski definition) is 6. The normalized spacial score (nSPS) is 14.3. The molecule has 1 aromatic heterocycles. The minimum Gasteiger partial charge on any atom is -0.493 e. The Balaban J connectivity index is 1.44. The van der Waals surface area contributed by atoms with Crippen molar-refractivity contribution in [2.75, 3.05) is 20.2 Å². The molecule has 0 saturated carbocycles. The largest absolute Gasteiger partial charge is 0.493 e. The lowest BCUT2D eigenvalue weighted by Gasteiger charge is -2.26. The van der Waals surface area contributed by atoms with Gasteiger partial charge in [-0.2, -0.15) is 4.31 Å². The summed E-state index contributed by atoms with van der Waals surface area (Å²) < 4.78 is 39.2. The molecule has 0 unspecified atom stereocenters. The van der Waals surface area contributed by atoms with Gasteiger partial charge >= 0.3 is 0 Å². The number of hydrogen-bond donors (Lipinski definition) is 1. The van der Waals surface area contributed by atoms with Crippen molar-refractivity contribution in [2.24, 2.45) is 0 Å². The third-order valence-electron chi connectivity index (χ3n) is 5.89. The number of methoxy groups -OCH3 is 1. The monoisotopic (exact) mass is 495 g/mol. The number of pyridine rings is 1. The fourth-order valence-corrected chi connectivity index (χ4v) is 5.69. The van der Waals surface area contributed by atoms with Crippen LogP contribution in [0.3, 0.4) is 0 Å². The maximum Gasteiger partial charge on any atom is 0.252 e. The standard InChI is InChI=1S/C26H29N3O5S/c1-33-24-17-21(9-10-23(24)34-19-20-11-13-27-14-12-20)18-28-26(30)22-7-3-4-8-25(22)35(31,32)29-15-5-2-6-16-29/h3-4,7-14,17H,2,5-6,15-16,18-19H2,1H3,(H,28,30). The van der Waals surface area contributed by atoms with Crippen LogP contribution in [0.2, 0.25) is 0 Å². The molecule has 1 aliphatic heterocycles. The van der Waals surface area contributed by atoms with Gasteiger partial charge in [0.05, 0.1) is 17.6 Å². The molecule has 0 aliphatic carbocycles. The second kappa shape index (κ2) is 11.3. The Bertz CT molecular complexity index is 1260. The summed E-state index contributed by atoms with van der Waals surface area (Å²) in [6.07, 6.45) is 6.09. The molecule has 4 rings (SSSR count). The quantitative estimate of drug-likeness (QED) is 0.485. The molecule has 1 N–H and O–H groups in total. The topological polar surface area (TPSA) is 97.8 Å². The summed E-state index contributed by atoms with van der Waals surface area (Å²) in [6, 6.07) is 15.5. The molecule has 2 aromatic carbocycles. The van der Waals surface area contributed by atoms with Gasteiger partial charge in [0.1, 0.15) is 6.61 Å². The third kappa shape index (κ3) is 5.98. The van der Waals surface area contributed by atoms with Crippen LogP contribution >= 0.6 is 0 Å². The number of carbonyl (C=O) groups is 1. The van der Waals surface area contributed by atoms with Crippen molar-refractivity contribution in [3.05, 3.63) is 83.7 Å². The van der Waals surface area contributed by atoms with E-state index in [-0.39, 0.29) is 17.0 Å². The predicted molar refractivity (Wildman–Crippen MR) is 132 cm³/mol. The first kappa shape index (κ1) is 24.7. The summed E-state index contributed by atoms with van der Waals surface area (Å²) in [5.74, 6) is 0.675. The predicted octanol–water partition coefficient (Wildman–Crippen LogP) is 3.77. The number of nitrogens with one attached hydrogen (secondary N) is 1. The van der Waals surface area contributed by atoms with Crippen LogP contribution in [0.5, 0.6) is 11.5 Å². The van der Waals surface area contributed by atoms with Gasteiger partial charge < -0.3 is 14.8 Å². The van der Waals surface area contributed by atoms with Gasteiger partial charge in [-0.05, 0) is 60.4 Å². The first-order chi connectivity index (χ1) is 17.0. The number of nitrogens with zero attached hydrogens (tertiary/aromatic N) is 2. The lowest BCUT2D eigenvalue weighted by atomic mass is 10.1. The minimum absolute atomic E-state index is 0.0387. The molecule has 3 aromatic rings. The molecule has 1 aliphatic rings. The molecular weight excluding hydrogens is 466 g/mol. The van der Waals surface area contributed by atoms with Crippen molar-refractivity contribution >= 4 is 15.9 Å². The first-order valence-corrected chi connectivity index (χ1v) is 13.0. The third-order valence-corrected chi connectivity index (χ3v) is 7.85. The Morgan fingerprint density at radius 3 is 2.46 bits per heavy atom. The Kier molecular flexibility index (Phi) is 7.99. The van der Waals surface area contributed by atoms with Gasteiger partial charge in [0, 0.05) is 32.0 Å². The zero-order valence-corrected chi connectivity index (χ0v) is 20.5. The van der Waals surface area contributed by atoms with Crippen LogP contribution < -0.4 is 14.8 Å². The number of aromatic nitrogens is 1. The van der Waals surface area contributed by atoms with Crippen molar-refractivity contribution in [3.63, 3.8) is 0 Å². The van der Waals surface area contributed by atoms with E-state index in [4.69, 9.17) is 9.47 Å². The van der Waals surface area contributed by atoms with Crippen LogP contribution in [0.25, 0.3) is 0 Å². The minimum atomic E-state index is -3.73. The second-order valence-corrected chi connectivity index (χ2v) is 10.2. The van der Waals surface area contributed by atoms with Crippen LogP contribution in [0.4, 0.5) is 0 Å². The Morgan fingerprint density at radius 2 is 1.71 bits per heavy atom. The van der Waals surface area contributed by atoms with E-state index in [1.165, 1.54) is 10.4 Å². The molecular formula is C26H29N3O5S. The molecule has 1 fully saturated rings. The average Bonchev–Trinajstić information content (AvgIpc) is 2.91. The summed E-state index contributed by atoms with van der Waals surface area (Å²) in [7, 11) is -2.18. The highest BCUT2D eigenvalue weighted by Gasteiger charge is 2.29. The van der Waals surface area contributed by atoms with Crippen molar-refractivity contribution in [1.29, 1.82) is 0 Å². The number of carbonyl (C=O) groups excluding carboxylic acids is 1.